The Morgan fingerprint density at radius 1 is 1.41 bits per heavy atom. The lowest BCUT2D eigenvalue weighted by atomic mass is 10.2. The van der Waals surface area contributed by atoms with Gasteiger partial charge in [-0.25, -0.2) is 0 Å². The van der Waals surface area contributed by atoms with E-state index in [-0.39, 0.29) is 11.1 Å². The minimum absolute atomic E-state index is 0.0399. The van der Waals surface area contributed by atoms with E-state index in [4.69, 9.17) is 4.74 Å². The highest BCUT2D eigenvalue weighted by Gasteiger charge is 2.42. The SMILES string of the molecule is O=[N+]([O-])c1cc(Br)cc(OCC2(CBr)CC2)c1. The standard InChI is InChI=1S/C11H11Br2NO3/c12-6-11(1-2-11)7-17-10-4-8(13)3-9(5-10)14(15)16/h3-5H,1-2,6-7H2. The van der Waals surface area contributed by atoms with E-state index in [1.54, 1.807) is 6.07 Å². The van der Waals surface area contributed by atoms with Crippen molar-refractivity contribution in [1.82, 2.24) is 0 Å². The van der Waals surface area contributed by atoms with Gasteiger partial charge in [0.15, 0.2) is 0 Å². The summed E-state index contributed by atoms with van der Waals surface area (Å²) in [7, 11) is 0. The fourth-order valence-electron chi connectivity index (χ4n) is 1.47. The van der Waals surface area contributed by atoms with Crippen molar-refractivity contribution in [2.75, 3.05) is 11.9 Å². The number of alkyl halides is 1. The van der Waals surface area contributed by atoms with E-state index in [0.29, 0.717) is 16.8 Å². The van der Waals surface area contributed by atoms with Crippen molar-refractivity contribution in [3.63, 3.8) is 0 Å². The van der Waals surface area contributed by atoms with E-state index >= 15 is 0 Å². The molecule has 1 aromatic carbocycles. The molecule has 0 unspecified atom stereocenters. The average molecular weight is 365 g/mol. The fraction of sp³-hybridized carbons (Fsp3) is 0.455. The van der Waals surface area contributed by atoms with Gasteiger partial charge >= 0.3 is 0 Å². The molecule has 0 aliphatic heterocycles. The summed E-state index contributed by atoms with van der Waals surface area (Å²) in [5.41, 5.74) is 0.273. The Morgan fingerprint density at radius 2 is 2.12 bits per heavy atom. The fourth-order valence-corrected chi connectivity index (χ4v) is 2.65. The first kappa shape index (κ1) is 12.8. The average Bonchev–Trinajstić information content (AvgIpc) is 3.06. The molecule has 17 heavy (non-hydrogen) atoms. The molecule has 0 bridgehead atoms. The second kappa shape index (κ2) is 4.94. The minimum Gasteiger partial charge on any atom is -0.493 e. The summed E-state index contributed by atoms with van der Waals surface area (Å²) in [6.07, 6.45) is 2.29. The highest BCUT2D eigenvalue weighted by atomic mass is 79.9. The maximum atomic E-state index is 10.7. The molecule has 0 atom stereocenters. The zero-order valence-electron chi connectivity index (χ0n) is 8.99. The summed E-state index contributed by atoms with van der Waals surface area (Å²) in [4.78, 5) is 10.3. The molecule has 1 aliphatic carbocycles. The van der Waals surface area contributed by atoms with Gasteiger partial charge in [0.05, 0.1) is 17.6 Å². The van der Waals surface area contributed by atoms with Crippen LogP contribution in [0.4, 0.5) is 5.69 Å². The molecule has 2 rings (SSSR count). The van der Waals surface area contributed by atoms with Gasteiger partial charge in [0.25, 0.3) is 5.69 Å². The predicted molar refractivity (Wildman–Crippen MR) is 71.8 cm³/mol. The number of hydrogen-bond acceptors (Lipinski definition) is 3. The van der Waals surface area contributed by atoms with E-state index in [0.717, 1.165) is 18.2 Å². The highest BCUT2D eigenvalue weighted by molar-refractivity contribution is 9.10. The van der Waals surface area contributed by atoms with Gasteiger partial charge in [-0.1, -0.05) is 31.9 Å². The number of benzene rings is 1. The minimum atomic E-state index is -0.422. The van der Waals surface area contributed by atoms with Crippen molar-refractivity contribution in [3.05, 3.63) is 32.8 Å². The van der Waals surface area contributed by atoms with Gasteiger partial charge in [0.1, 0.15) is 5.75 Å². The molecule has 0 amide bonds. The van der Waals surface area contributed by atoms with Crippen LogP contribution in [0, 0.1) is 15.5 Å². The Kier molecular flexibility index (Phi) is 3.73. The molecule has 6 heteroatoms. The zero-order chi connectivity index (χ0) is 12.5. The van der Waals surface area contributed by atoms with Crippen molar-refractivity contribution < 1.29 is 9.66 Å². The van der Waals surface area contributed by atoms with E-state index < -0.39 is 4.92 Å². The number of halogens is 2. The molecule has 0 radical (unpaired) electrons. The van der Waals surface area contributed by atoms with Gasteiger partial charge in [0, 0.05) is 21.3 Å². The lowest BCUT2D eigenvalue weighted by Gasteiger charge is -2.13. The number of nitro benzene ring substituents is 1. The molecule has 0 heterocycles. The van der Waals surface area contributed by atoms with Crippen molar-refractivity contribution in [2.45, 2.75) is 12.8 Å². The normalized spacial score (nSPS) is 16.6. The van der Waals surface area contributed by atoms with Crippen molar-refractivity contribution in [2.24, 2.45) is 5.41 Å². The van der Waals surface area contributed by atoms with E-state index in [9.17, 15) is 10.1 Å². The van der Waals surface area contributed by atoms with Crippen LogP contribution in [-0.4, -0.2) is 16.9 Å². The summed E-state index contributed by atoms with van der Waals surface area (Å²) in [5, 5.41) is 11.6. The monoisotopic (exact) mass is 363 g/mol. The molecule has 92 valence electrons. The van der Waals surface area contributed by atoms with Crippen LogP contribution in [0.2, 0.25) is 0 Å². The molecular weight excluding hydrogens is 354 g/mol. The van der Waals surface area contributed by atoms with Gasteiger partial charge in [-0.15, -0.1) is 0 Å². The van der Waals surface area contributed by atoms with Crippen molar-refractivity contribution >= 4 is 37.5 Å². The first-order chi connectivity index (χ1) is 8.04. The lowest BCUT2D eigenvalue weighted by molar-refractivity contribution is -0.385. The summed E-state index contributed by atoms with van der Waals surface area (Å²) >= 11 is 6.70. The molecule has 4 nitrogen and oxygen atoms in total. The Labute approximate surface area is 116 Å². The van der Waals surface area contributed by atoms with Crippen molar-refractivity contribution in [3.8, 4) is 5.75 Å². The molecule has 0 saturated heterocycles. The smallest absolute Gasteiger partial charge is 0.274 e. The summed E-state index contributed by atoms with van der Waals surface area (Å²) in [6.45, 7) is 0.603. The number of ether oxygens (including phenoxy) is 1. The van der Waals surface area contributed by atoms with E-state index in [1.165, 1.54) is 12.1 Å². The number of hydrogen-bond donors (Lipinski definition) is 0. The third-order valence-corrected chi connectivity index (χ3v) is 4.50. The lowest BCUT2D eigenvalue weighted by Crippen LogP contribution is -2.14. The Balaban J connectivity index is 2.07. The first-order valence-electron chi connectivity index (χ1n) is 5.18. The quantitative estimate of drug-likeness (QED) is 0.452. The largest absolute Gasteiger partial charge is 0.493 e. The Hall–Kier alpha value is -0.620. The number of nitro groups is 1. The molecule has 0 spiro atoms. The predicted octanol–water partition coefficient (Wildman–Crippen LogP) is 3.91. The third kappa shape index (κ3) is 3.19. The molecule has 0 N–H and O–H groups in total. The molecule has 1 saturated carbocycles. The van der Waals surface area contributed by atoms with Gasteiger partial charge in [-0.3, -0.25) is 10.1 Å². The van der Waals surface area contributed by atoms with Crippen LogP contribution < -0.4 is 4.74 Å². The number of nitrogens with zero attached hydrogens (tertiary/aromatic N) is 1. The Morgan fingerprint density at radius 3 is 2.65 bits per heavy atom. The molecular formula is C11H11Br2NO3. The van der Waals surface area contributed by atoms with Crippen LogP contribution in [-0.2, 0) is 0 Å². The van der Waals surface area contributed by atoms with Gasteiger partial charge in [-0.2, -0.15) is 0 Å². The van der Waals surface area contributed by atoms with Crippen LogP contribution in [0.15, 0.2) is 22.7 Å². The van der Waals surface area contributed by atoms with Crippen LogP contribution in [0.1, 0.15) is 12.8 Å². The van der Waals surface area contributed by atoms with Gasteiger partial charge < -0.3 is 4.74 Å². The van der Waals surface area contributed by atoms with Crippen LogP contribution in [0.25, 0.3) is 0 Å². The summed E-state index contributed by atoms with van der Waals surface area (Å²) < 4.78 is 6.29. The molecule has 1 fully saturated rings. The summed E-state index contributed by atoms with van der Waals surface area (Å²) in [5.74, 6) is 0.540. The van der Waals surface area contributed by atoms with Gasteiger partial charge in [0.2, 0.25) is 0 Å². The maximum Gasteiger partial charge on any atom is 0.274 e. The number of rotatable bonds is 5. The second-order valence-electron chi connectivity index (χ2n) is 4.32. The highest BCUT2D eigenvalue weighted by Crippen LogP contribution is 2.47. The molecule has 1 aliphatic rings. The van der Waals surface area contributed by atoms with Crippen molar-refractivity contribution in [1.29, 1.82) is 0 Å². The third-order valence-electron chi connectivity index (χ3n) is 2.85. The van der Waals surface area contributed by atoms with E-state index in [2.05, 4.69) is 31.9 Å². The van der Waals surface area contributed by atoms with Crippen LogP contribution in [0.5, 0.6) is 5.75 Å². The first-order valence-corrected chi connectivity index (χ1v) is 7.10. The van der Waals surface area contributed by atoms with E-state index in [1.807, 2.05) is 0 Å². The zero-order valence-corrected chi connectivity index (χ0v) is 12.2. The maximum absolute atomic E-state index is 10.7. The van der Waals surface area contributed by atoms with Crippen LogP contribution >= 0.6 is 31.9 Å². The molecule has 1 aromatic rings. The van der Waals surface area contributed by atoms with Gasteiger partial charge in [-0.05, 0) is 18.9 Å². The molecule has 0 aromatic heterocycles. The summed E-state index contributed by atoms with van der Waals surface area (Å²) in [6, 6.07) is 4.66. The Bertz CT molecular complexity index is 446. The number of non-ortho nitro benzene ring substituents is 1. The van der Waals surface area contributed by atoms with Crippen LogP contribution in [0.3, 0.4) is 0 Å². The second-order valence-corrected chi connectivity index (χ2v) is 5.80. The topological polar surface area (TPSA) is 52.4 Å².